The number of carbonyl (C=O) groups is 1. The molecule has 2 aliphatic rings. The van der Waals surface area contributed by atoms with E-state index in [1.807, 2.05) is 0 Å². The fourth-order valence-electron chi connectivity index (χ4n) is 4.45. The summed E-state index contributed by atoms with van der Waals surface area (Å²) in [5, 5.41) is 3.56. The molecule has 0 bridgehead atoms. The minimum absolute atomic E-state index is 0.0222. The van der Waals surface area contributed by atoms with Gasteiger partial charge in [0.15, 0.2) is 5.82 Å². The molecule has 2 fully saturated rings. The molecule has 1 saturated carbocycles. The largest absolute Gasteiger partial charge is 0.401 e. The quantitative estimate of drug-likeness (QED) is 0.421. The Labute approximate surface area is 199 Å². The zero-order valence-corrected chi connectivity index (χ0v) is 19.6. The molecule has 0 spiro atoms. The van der Waals surface area contributed by atoms with E-state index in [1.165, 1.54) is 11.0 Å². The van der Waals surface area contributed by atoms with Crippen LogP contribution in [0, 0.1) is 5.92 Å². The van der Waals surface area contributed by atoms with Gasteiger partial charge in [-0.15, -0.1) is 0 Å². The summed E-state index contributed by atoms with van der Waals surface area (Å²) in [6.07, 6.45) is -3.69. The molecule has 2 heterocycles. The van der Waals surface area contributed by atoms with Crippen molar-refractivity contribution in [2.45, 2.75) is 88.6 Å². The molecule has 1 aliphatic heterocycles. The summed E-state index contributed by atoms with van der Waals surface area (Å²) < 4.78 is 85.3. The smallest absolute Gasteiger partial charge is 0.337 e. The van der Waals surface area contributed by atoms with Gasteiger partial charge in [0.05, 0.1) is 6.42 Å². The van der Waals surface area contributed by atoms with Crippen LogP contribution in [0.5, 0.6) is 0 Å². The third kappa shape index (κ3) is 6.65. The van der Waals surface area contributed by atoms with Crippen LogP contribution in [0.1, 0.15) is 76.6 Å². The van der Waals surface area contributed by atoms with E-state index in [2.05, 4.69) is 10.1 Å². The van der Waals surface area contributed by atoms with Gasteiger partial charge in [-0.25, -0.2) is 13.2 Å². The summed E-state index contributed by atoms with van der Waals surface area (Å²) in [5.74, 6) is -2.81. The van der Waals surface area contributed by atoms with Crippen LogP contribution in [0.25, 0.3) is 0 Å². The lowest BCUT2D eigenvalue weighted by Crippen LogP contribution is -2.36. The molecule has 2 N–H and O–H groups in total. The standard InChI is InChI=1S/C23H30F6N4O2/c1-13(8-15(25)11-16(26)10-14(2)24)9-17(30)12-19(34)33-7-3-4-18(33)20-31-21(32-35-20)22(5-6-22)23(27,28)29/h8,10,13-14,17-18H,3-7,9,11-12,30H2,1-2H3/b15-8+,16-10+/t13?,14?,17?,18-/m0/s1. The Morgan fingerprint density at radius 2 is 1.91 bits per heavy atom. The third-order valence-corrected chi connectivity index (χ3v) is 6.35. The summed E-state index contributed by atoms with van der Waals surface area (Å²) in [5.41, 5.74) is 4.01. The van der Waals surface area contributed by atoms with E-state index >= 15 is 0 Å². The number of halogens is 6. The number of allylic oxidation sites excluding steroid dienone is 4. The fourth-order valence-corrected chi connectivity index (χ4v) is 4.45. The normalized spacial score (nSPS) is 23.3. The number of aromatic nitrogens is 2. The minimum atomic E-state index is -4.47. The van der Waals surface area contributed by atoms with Crippen molar-refractivity contribution < 1.29 is 35.7 Å². The monoisotopic (exact) mass is 508 g/mol. The SMILES string of the molecule is CC(F)/C=C(/F)C/C(F)=C\C(C)CC(N)CC(=O)N1CCC[C@H]1c1nc(C2(C(F)(F)F)CC2)no1. The Balaban J connectivity index is 1.56. The second-order valence-electron chi connectivity index (χ2n) is 9.54. The first kappa shape index (κ1) is 27.2. The molecule has 1 aromatic heterocycles. The molecule has 4 atom stereocenters. The average molecular weight is 509 g/mol. The Kier molecular flexibility index (Phi) is 8.33. The number of rotatable bonds is 10. The topological polar surface area (TPSA) is 85.3 Å². The van der Waals surface area contributed by atoms with E-state index in [-0.39, 0.29) is 37.5 Å². The van der Waals surface area contributed by atoms with Gasteiger partial charge < -0.3 is 15.2 Å². The molecule has 1 amide bonds. The number of nitrogens with two attached hydrogens (primary N) is 1. The van der Waals surface area contributed by atoms with Gasteiger partial charge in [0.2, 0.25) is 11.8 Å². The minimum Gasteiger partial charge on any atom is -0.337 e. The predicted octanol–water partition coefficient (Wildman–Crippen LogP) is 5.53. The number of carbonyl (C=O) groups excluding carboxylic acids is 1. The van der Waals surface area contributed by atoms with Crippen LogP contribution in [0.3, 0.4) is 0 Å². The van der Waals surface area contributed by atoms with E-state index in [9.17, 15) is 31.1 Å². The van der Waals surface area contributed by atoms with Gasteiger partial charge >= 0.3 is 6.18 Å². The van der Waals surface area contributed by atoms with E-state index in [4.69, 9.17) is 10.3 Å². The molecule has 6 nitrogen and oxygen atoms in total. The van der Waals surface area contributed by atoms with Crippen molar-refractivity contribution >= 4 is 5.91 Å². The van der Waals surface area contributed by atoms with Gasteiger partial charge in [0, 0.05) is 19.0 Å². The lowest BCUT2D eigenvalue weighted by atomic mass is 9.98. The van der Waals surface area contributed by atoms with Gasteiger partial charge in [-0.1, -0.05) is 12.1 Å². The molecule has 1 aromatic rings. The maximum atomic E-state index is 14.0. The van der Waals surface area contributed by atoms with E-state index in [1.54, 1.807) is 6.92 Å². The molecule has 3 unspecified atom stereocenters. The van der Waals surface area contributed by atoms with E-state index in [0.29, 0.717) is 25.5 Å². The molecule has 0 aromatic carbocycles. The van der Waals surface area contributed by atoms with Crippen LogP contribution < -0.4 is 5.73 Å². The number of hydrogen-bond acceptors (Lipinski definition) is 5. The third-order valence-electron chi connectivity index (χ3n) is 6.35. The number of likely N-dealkylation sites (tertiary alicyclic amines) is 1. The second-order valence-corrected chi connectivity index (χ2v) is 9.54. The highest BCUT2D eigenvalue weighted by Gasteiger charge is 2.67. The van der Waals surface area contributed by atoms with E-state index < -0.39 is 59.7 Å². The Hall–Kier alpha value is -2.37. The first-order valence-electron chi connectivity index (χ1n) is 11.6. The number of alkyl halides is 4. The van der Waals surface area contributed by atoms with Crippen molar-refractivity contribution in [1.29, 1.82) is 0 Å². The summed E-state index contributed by atoms with van der Waals surface area (Å²) in [4.78, 5) is 18.3. The molecule has 1 saturated heterocycles. The molecule has 3 rings (SSSR count). The fraction of sp³-hybridized carbons (Fsp3) is 0.696. The van der Waals surface area contributed by atoms with Gasteiger partial charge in [0.25, 0.3) is 0 Å². The summed E-state index contributed by atoms with van der Waals surface area (Å²) in [7, 11) is 0. The second kappa shape index (κ2) is 10.7. The highest BCUT2D eigenvalue weighted by atomic mass is 19.4. The summed E-state index contributed by atoms with van der Waals surface area (Å²) >= 11 is 0. The molecule has 1 aliphatic carbocycles. The van der Waals surface area contributed by atoms with Crippen molar-refractivity contribution in [1.82, 2.24) is 15.0 Å². The molecular weight excluding hydrogens is 478 g/mol. The van der Waals surface area contributed by atoms with Crippen LogP contribution >= 0.6 is 0 Å². The number of amides is 1. The first-order valence-corrected chi connectivity index (χ1v) is 11.6. The average Bonchev–Trinajstić information content (AvgIpc) is 3.16. The first-order chi connectivity index (χ1) is 16.3. The van der Waals surface area contributed by atoms with Crippen LogP contribution in [-0.4, -0.2) is 45.9 Å². The lowest BCUT2D eigenvalue weighted by Gasteiger charge is -2.24. The maximum Gasteiger partial charge on any atom is 0.401 e. The molecule has 196 valence electrons. The Morgan fingerprint density at radius 1 is 1.26 bits per heavy atom. The summed E-state index contributed by atoms with van der Waals surface area (Å²) in [6, 6.07) is -1.25. The molecule has 0 radical (unpaired) electrons. The zero-order valence-electron chi connectivity index (χ0n) is 19.6. The van der Waals surface area contributed by atoms with Gasteiger partial charge in [-0.2, -0.15) is 18.2 Å². The van der Waals surface area contributed by atoms with Crippen molar-refractivity contribution in [2.24, 2.45) is 11.7 Å². The van der Waals surface area contributed by atoms with Gasteiger partial charge in [0.1, 0.15) is 29.3 Å². The lowest BCUT2D eigenvalue weighted by molar-refractivity contribution is -0.162. The summed E-state index contributed by atoms with van der Waals surface area (Å²) in [6.45, 7) is 3.17. The van der Waals surface area contributed by atoms with Crippen LogP contribution in [0.15, 0.2) is 28.3 Å². The highest BCUT2D eigenvalue weighted by molar-refractivity contribution is 5.77. The van der Waals surface area contributed by atoms with E-state index in [0.717, 1.165) is 6.92 Å². The van der Waals surface area contributed by atoms with Gasteiger partial charge in [-0.3, -0.25) is 4.79 Å². The van der Waals surface area contributed by atoms with Crippen molar-refractivity contribution in [3.63, 3.8) is 0 Å². The number of hydrogen-bond donors (Lipinski definition) is 1. The van der Waals surface area contributed by atoms with Crippen molar-refractivity contribution in [3.05, 3.63) is 35.5 Å². The number of nitrogens with zero attached hydrogens (tertiary/aromatic N) is 3. The predicted molar refractivity (Wildman–Crippen MR) is 115 cm³/mol. The van der Waals surface area contributed by atoms with Gasteiger partial charge in [-0.05, 0) is 57.1 Å². The van der Waals surface area contributed by atoms with Crippen molar-refractivity contribution in [2.75, 3.05) is 6.54 Å². The van der Waals surface area contributed by atoms with Crippen LogP contribution in [0.2, 0.25) is 0 Å². The zero-order chi connectivity index (χ0) is 26.0. The Bertz CT molecular complexity index is 954. The molecule has 12 heteroatoms. The van der Waals surface area contributed by atoms with Crippen LogP contribution in [0.4, 0.5) is 26.3 Å². The Morgan fingerprint density at radius 3 is 2.51 bits per heavy atom. The van der Waals surface area contributed by atoms with Crippen LogP contribution in [-0.2, 0) is 10.2 Å². The highest BCUT2D eigenvalue weighted by Crippen LogP contribution is 2.58. The van der Waals surface area contributed by atoms with Crippen molar-refractivity contribution in [3.8, 4) is 0 Å². The maximum absolute atomic E-state index is 14.0. The molecular formula is C23H30F6N4O2. The molecule has 35 heavy (non-hydrogen) atoms.